The molecule has 1 heteroatoms. The van der Waals surface area contributed by atoms with E-state index in [1.54, 1.807) is 13.0 Å². The van der Waals surface area contributed by atoms with Crippen molar-refractivity contribution in [3.63, 3.8) is 0 Å². The third kappa shape index (κ3) is 29.5. The van der Waals surface area contributed by atoms with Gasteiger partial charge in [-0.2, -0.15) is 0 Å². The molecule has 0 fully saturated rings. The van der Waals surface area contributed by atoms with Crippen LogP contribution in [0.1, 0.15) is 97.8 Å². The number of unbranched alkanes of at least 4 members (excludes halogenated alkanes) is 9. The third-order valence-corrected chi connectivity index (χ3v) is 3.51. The fourth-order valence-electron chi connectivity index (χ4n) is 2.21. The molecule has 0 heterocycles. The molecule has 0 spiro atoms. The predicted octanol–water partition coefficient (Wildman–Crippen LogP) is 7.58. The minimum Gasteiger partial charge on any atom is -0.300 e. The van der Waals surface area contributed by atoms with Gasteiger partial charge in [0.25, 0.3) is 0 Å². The van der Waals surface area contributed by atoms with Gasteiger partial charge in [0.05, 0.1) is 0 Å². The molecule has 0 radical (unpaired) electrons. The van der Waals surface area contributed by atoms with Crippen LogP contribution in [-0.2, 0) is 4.79 Å². The van der Waals surface area contributed by atoms with E-state index in [0.717, 1.165) is 12.8 Å². The molecule has 0 aromatic rings. The predicted molar refractivity (Wildman–Crippen MR) is 106 cm³/mol. The number of Topliss-reactive ketones (excluding diaryl/α,β-unsaturated/α-hetero) is 1. The van der Waals surface area contributed by atoms with E-state index in [0.29, 0.717) is 5.78 Å². The SMILES string of the molecule is C=CC.CCCCC/C=C/C=C/CCCCCCCCC(C)=O. The normalized spacial score (nSPS) is 10.7. The highest BCUT2D eigenvalue weighted by Crippen LogP contribution is 2.09. The van der Waals surface area contributed by atoms with Crippen molar-refractivity contribution < 1.29 is 4.79 Å². The molecule has 0 aliphatic carbocycles. The number of hydrogen-bond acceptors (Lipinski definition) is 1. The topological polar surface area (TPSA) is 17.1 Å². The first-order chi connectivity index (χ1) is 11.2. The van der Waals surface area contributed by atoms with Crippen molar-refractivity contribution in [1.29, 1.82) is 0 Å². The third-order valence-electron chi connectivity index (χ3n) is 3.51. The van der Waals surface area contributed by atoms with Gasteiger partial charge in [0, 0.05) is 6.42 Å². The lowest BCUT2D eigenvalue weighted by molar-refractivity contribution is -0.117. The Morgan fingerprint density at radius 1 is 0.826 bits per heavy atom. The second-order valence-electron chi connectivity index (χ2n) is 6.12. The van der Waals surface area contributed by atoms with Gasteiger partial charge >= 0.3 is 0 Å². The minimum absolute atomic E-state index is 0.331. The smallest absolute Gasteiger partial charge is 0.129 e. The van der Waals surface area contributed by atoms with Gasteiger partial charge in [0.2, 0.25) is 0 Å². The zero-order valence-electron chi connectivity index (χ0n) is 16.0. The molecule has 0 unspecified atom stereocenters. The Labute approximate surface area is 146 Å². The number of carbonyl (C=O) groups excluding carboxylic acids is 1. The van der Waals surface area contributed by atoms with Crippen molar-refractivity contribution in [2.24, 2.45) is 0 Å². The summed E-state index contributed by atoms with van der Waals surface area (Å²) < 4.78 is 0. The van der Waals surface area contributed by atoms with Crippen LogP contribution < -0.4 is 0 Å². The maximum absolute atomic E-state index is 10.8. The summed E-state index contributed by atoms with van der Waals surface area (Å²) in [7, 11) is 0. The first-order valence-corrected chi connectivity index (χ1v) is 9.57. The van der Waals surface area contributed by atoms with Crippen LogP contribution in [-0.4, -0.2) is 5.78 Å². The van der Waals surface area contributed by atoms with Gasteiger partial charge in [0.1, 0.15) is 5.78 Å². The van der Waals surface area contributed by atoms with Gasteiger partial charge in [-0.25, -0.2) is 0 Å². The lowest BCUT2D eigenvalue weighted by atomic mass is 10.1. The van der Waals surface area contributed by atoms with Gasteiger partial charge in [-0.05, 0) is 46.0 Å². The Hall–Kier alpha value is -1.11. The van der Waals surface area contributed by atoms with Crippen molar-refractivity contribution in [3.8, 4) is 0 Å². The maximum Gasteiger partial charge on any atom is 0.129 e. The Morgan fingerprint density at radius 2 is 1.26 bits per heavy atom. The number of rotatable bonds is 14. The van der Waals surface area contributed by atoms with E-state index in [4.69, 9.17) is 0 Å². The Balaban J connectivity index is 0. The van der Waals surface area contributed by atoms with Gasteiger partial charge in [-0.15, -0.1) is 6.58 Å². The van der Waals surface area contributed by atoms with Gasteiger partial charge in [0.15, 0.2) is 0 Å². The molecule has 0 aromatic carbocycles. The highest BCUT2D eigenvalue weighted by atomic mass is 16.1. The summed E-state index contributed by atoms with van der Waals surface area (Å²) in [5, 5.41) is 0. The van der Waals surface area contributed by atoms with Gasteiger partial charge in [-0.1, -0.05) is 75.8 Å². The van der Waals surface area contributed by atoms with Crippen LogP contribution in [0.2, 0.25) is 0 Å². The number of hydrogen-bond donors (Lipinski definition) is 0. The molecule has 0 N–H and O–H groups in total. The van der Waals surface area contributed by atoms with Crippen LogP contribution in [0, 0.1) is 0 Å². The molecule has 134 valence electrons. The van der Waals surface area contributed by atoms with E-state index in [9.17, 15) is 4.79 Å². The second-order valence-corrected chi connectivity index (χ2v) is 6.12. The number of ketones is 1. The van der Waals surface area contributed by atoms with Crippen LogP contribution in [0.5, 0.6) is 0 Å². The highest BCUT2D eigenvalue weighted by molar-refractivity contribution is 5.75. The minimum atomic E-state index is 0.331. The van der Waals surface area contributed by atoms with E-state index in [1.807, 2.05) is 6.92 Å². The van der Waals surface area contributed by atoms with E-state index in [2.05, 4.69) is 37.8 Å². The molecule has 0 aliphatic heterocycles. The van der Waals surface area contributed by atoms with Gasteiger partial charge in [-0.3, -0.25) is 0 Å². The van der Waals surface area contributed by atoms with Crippen molar-refractivity contribution in [2.45, 2.75) is 97.8 Å². The average molecular weight is 321 g/mol. The van der Waals surface area contributed by atoms with Crippen LogP contribution >= 0.6 is 0 Å². The van der Waals surface area contributed by atoms with E-state index in [1.165, 1.54) is 64.2 Å². The van der Waals surface area contributed by atoms with Crippen LogP contribution in [0.15, 0.2) is 37.0 Å². The lowest BCUT2D eigenvalue weighted by Gasteiger charge is -1.99. The van der Waals surface area contributed by atoms with Crippen LogP contribution in [0.25, 0.3) is 0 Å². The molecule has 0 saturated carbocycles. The van der Waals surface area contributed by atoms with E-state index < -0.39 is 0 Å². The summed E-state index contributed by atoms with van der Waals surface area (Å²) in [6.45, 7) is 9.18. The fourth-order valence-corrected chi connectivity index (χ4v) is 2.21. The number of carbonyl (C=O) groups is 1. The first kappa shape index (κ1) is 24.1. The molecular weight excluding hydrogens is 280 g/mol. The largest absolute Gasteiger partial charge is 0.300 e. The zero-order valence-corrected chi connectivity index (χ0v) is 16.0. The van der Waals surface area contributed by atoms with E-state index >= 15 is 0 Å². The monoisotopic (exact) mass is 320 g/mol. The maximum atomic E-state index is 10.8. The lowest BCUT2D eigenvalue weighted by Crippen LogP contribution is -1.89. The van der Waals surface area contributed by atoms with Crippen molar-refractivity contribution >= 4 is 5.78 Å². The van der Waals surface area contributed by atoms with Gasteiger partial charge < -0.3 is 4.79 Å². The summed E-state index contributed by atoms with van der Waals surface area (Å²) in [5.41, 5.74) is 0. The van der Waals surface area contributed by atoms with Crippen molar-refractivity contribution in [2.75, 3.05) is 0 Å². The first-order valence-electron chi connectivity index (χ1n) is 9.57. The molecule has 0 bridgehead atoms. The Bertz CT molecular complexity index is 299. The molecule has 23 heavy (non-hydrogen) atoms. The summed E-state index contributed by atoms with van der Waals surface area (Å²) >= 11 is 0. The Morgan fingerprint density at radius 3 is 1.74 bits per heavy atom. The summed E-state index contributed by atoms with van der Waals surface area (Å²) in [6, 6.07) is 0. The molecule has 1 nitrogen and oxygen atoms in total. The summed E-state index contributed by atoms with van der Waals surface area (Å²) in [6.07, 6.45) is 25.4. The molecule has 0 rings (SSSR count). The van der Waals surface area contributed by atoms with Crippen molar-refractivity contribution in [1.82, 2.24) is 0 Å². The van der Waals surface area contributed by atoms with Crippen LogP contribution in [0.4, 0.5) is 0 Å². The molecule has 0 aliphatic rings. The molecule has 0 saturated heterocycles. The summed E-state index contributed by atoms with van der Waals surface area (Å²) in [5.74, 6) is 0.331. The zero-order chi connectivity index (χ0) is 17.6. The van der Waals surface area contributed by atoms with Crippen molar-refractivity contribution in [3.05, 3.63) is 37.0 Å². The second kappa shape index (κ2) is 23.2. The molecule has 0 aromatic heterocycles. The van der Waals surface area contributed by atoms with E-state index in [-0.39, 0.29) is 0 Å². The molecule has 0 atom stereocenters. The highest BCUT2D eigenvalue weighted by Gasteiger charge is 1.93. The fraction of sp³-hybridized carbons (Fsp3) is 0.682. The summed E-state index contributed by atoms with van der Waals surface area (Å²) in [4.78, 5) is 10.8. The molecule has 0 amide bonds. The Kier molecular flexibility index (Phi) is 24.3. The molecular formula is C22H40O. The number of allylic oxidation sites excluding steroid dienone is 5. The average Bonchev–Trinajstić information content (AvgIpc) is 2.51. The van der Waals surface area contributed by atoms with Crippen LogP contribution in [0.3, 0.4) is 0 Å². The standard InChI is InChI=1S/C19H34O.C3H6/c1-3-4-5-6-7-8-9-10-11-12-13-14-15-16-17-18-19(2)20;1-3-2/h7-10H,3-6,11-18H2,1-2H3;3H,1H2,2H3/b8-7+,10-9+;. The quantitative estimate of drug-likeness (QED) is 0.183.